The van der Waals surface area contributed by atoms with Crippen molar-refractivity contribution in [2.24, 2.45) is 0 Å². The summed E-state index contributed by atoms with van der Waals surface area (Å²) in [5.41, 5.74) is 2.46. The highest BCUT2D eigenvalue weighted by atomic mass is 36.0. The number of hydrogen-bond donors (Lipinski definition) is 0. The van der Waals surface area contributed by atoms with Gasteiger partial charge in [0.2, 0.25) is 5.95 Å². The van der Waals surface area contributed by atoms with Gasteiger partial charge < -0.3 is 4.90 Å². The van der Waals surface area contributed by atoms with Crippen LogP contribution >= 0.6 is 21.4 Å². The van der Waals surface area contributed by atoms with E-state index in [1.807, 2.05) is 26.0 Å². The lowest BCUT2D eigenvalue weighted by atomic mass is 10.1. The zero-order valence-corrected chi connectivity index (χ0v) is 16.0. The minimum atomic E-state index is -4.56. The number of nitrogens with zero attached hydrogens (tertiary/aromatic N) is 4. The third-order valence-electron chi connectivity index (χ3n) is 2.82. The van der Waals surface area contributed by atoms with Gasteiger partial charge in [-0.05, 0) is 25.5 Å². The fraction of sp³-hybridized carbons (Fsp3) is 0.385. The van der Waals surface area contributed by atoms with Crippen molar-refractivity contribution in [3.05, 3.63) is 35.2 Å². The minimum absolute atomic E-state index is 0.143. The summed E-state index contributed by atoms with van der Waals surface area (Å²) in [4.78, 5) is 5.08. The molecule has 0 aliphatic carbocycles. The predicted octanol–water partition coefficient (Wildman–Crippen LogP) is 3.68. The number of aromatic nitrogens is 3. The van der Waals surface area contributed by atoms with Gasteiger partial charge in [-0.1, -0.05) is 17.7 Å². The number of anilines is 1. The van der Waals surface area contributed by atoms with Gasteiger partial charge in [0.15, 0.2) is 0 Å². The van der Waals surface area contributed by atoms with Gasteiger partial charge in [0, 0.05) is 35.5 Å². The fourth-order valence-electron chi connectivity index (χ4n) is 1.92. The van der Waals surface area contributed by atoms with Crippen LogP contribution in [0.3, 0.4) is 0 Å². The van der Waals surface area contributed by atoms with Gasteiger partial charge >= 0.3 is 14.4 Å². The first-order valence-electron chi connectivity index (χ1n) is 6.63. The first-order valence-corrected chi connectivity index (χ1v) is 9.77. The zero-order chi connectivity index (χ0) is 19.6. The van der Waals surface area contributed by atoms with E-state index < -0.39 is 20.3 Å². The molecule has 0 atom stereocenters. The normalized spacial score (nSPS) is 11.7. The van der Waals surface area contributed by atoms with Crippen LogP contribution in [-0.4, -0.2) is 37.3 Å². The Morgan fingerprint density at radius 3 is 2.08 bits per heavy atom. The average Bonchev–Trinajstić information content (AvgIpc) is 2.81. The van der Waals surface area contributed by atoms with Gasteiger partial charge in [-0.25, -0.2) is 0 Å². The van der Waals surface area contributed by atoms with E-state index in [1.54, 1.807) is 20.2 Å². The number of hydrogen-bond acceptors (Lipinski definition) is 5. The Morgan fingerprint density at radius 2 is 1.68 bits per heavy atom. The maximum absolute atomic E-state index is 12.8. The molecule has 2 rings (SSSR count). The molecule has 1 heterocycles. The third kappa shape index (κ3) is 6.71. The second-order valence-electron chi connectivity index (χ2n) is 5.21. The lowest BCUT2D eigenvalue weighted by molar-refractivity contribution is -0.144. The van der Waals surface area contributed by atoms with Crippen molar-refractivity contribution >= 4 is 35.6 Å². The van der Waals surface area contributed by atoms with Crippen LogP contribution in [0, 0.1) is 13.8 Å². The van der Waals surface area contributed by atoms with Crippen molar-refractivity contribution in [2.75, 3.05) is 19.0 Å². The Morgan fingerprint density at radius 1 is 1.16 bits per heavy atom. The van der Waals surface area contributed by atoms with E-state index in [4.69, 9.17) is 8.42 Å². The van der Waals surface area contributed by atoms with E-state index in [9.17, 15) is 13.2 Å². The Bertz CT molecular complexity index is 843. The van der Waals surface area contributed by atoms with Crippen LogP contribution in [-0.2, 0) is 14.4 Å². The summed E-state index contributed by atoms with van der Waals surface area (Å²) in [6.45, 7) is 3.75. The molecule has 0 fully saturated rings. The molecule has 0 aliphatic rings. The quantitative estimate of drug-likeness (QED) is 0.695. The van der Waals surface area contributed by atoms with E-state index >= 15 is 0 Å². The van der Waals surface area contributed by atoms with Gasteiger partial charge in [-0.3, -0.25) is 0 Å². The maximum Gasteiger partial charge on any atom is 0.453 e. The average molecular weight is 419 g/mol. The molecule has 1 aromatic carbocycles. The van der Waals surface area contributed by atoms with Gasteiger partial charge in [-0.2, -0.15) is 31.3 Å². The van der Waals surface area contributed by atoms with Crippen LogP contribution in [0.1, 0.15) is 17.0 Å². The molecule has 1 aromatic heterocycles. The SMILES string of the molecule is Cc1ccc(-n2nc(C(F)(F)F)nc2N(C)C)c(C)c1.O=S(=O)(Cl)Cl. The summed E-state index contributed by atoms with van der Waals surface area (Å²) in [5, 5.41) is 3.60. The fourth-order valence-corrected chi connectivity index (χ4v) is 1.92. The molecule has 6 nitrogen and oxygen atoms in total. The topological polar surface area (TPSA) is 68.1 Å². The molecule has 0 amide bonds. The molecule has 0 bridgehead atoms. The molecule has 0 unspecified atom stereocenters. The van der Waals surface area contributed by atoms with Crippen LogP contribution in [0.5, 0.6) is 0 Å². The standard InChI is InChI=1S/C13H15F3N4.Cl2O2S/c1-8-5-6-10(9(2)7-8)20-12(19(3)4)17-11(18-20)13(14,15)16;1-5(2,3)4/h5-7H,1-4H3;. The summed E-state index contributed by atoms with van der Waals surface area (Å²) in [6.07, 6.45) is -4.56. The molecular weight excluding hydrogens is 404 g/mol. The van der Waals surface area contributed by atoms with Gasteiger partial charge in [0.05, 0.1) is 5.69 Å². The Hall–Kier alpha value is -1.52. The number of rotatable bonds is 2. The number of benzene rings is 1. The number of alkyl halides is 3. The summed E-state index contributed by atoms with van der Waals surface area (Å²) in [7, 11) is 8.07. The lowest BCUT2D eigenvalue weighted by Crippen LogP contribution is -2.15. The summed E-state index contributed by atoms with van der Waals surface area (Å²) >= 11 is 0. The molecule has 12 heteroatoms. The van der Waals surface area contributed by atoms with Crippen molar-refractivity contribution in [2.45, 2.75) is 20.0 Å². The van der Waals surface area contributed by atoms with Crippen molar-refractivity contribution in [1.82, 2.24) is 14.8 Å². The van der Waals surface area contributed by atoms with E-state index in [0.717, 1.165) is 11.1 Å². The second kappa shape index (κ2) is 7.79. The van der Waals surface area contributed by atoms with Crippen LogP contribution in [0.2, 0.25) is 0 Å². The van der Waals surface area contributed by atoms with Crippen molar-refractivity contribution in [3.63, 3.8) is 0 Å². The summed E-state index contributed by atoms with van der Waals surface area (Å²) < 4.78 is 57.8. The maximum atomic E-state index is 12.8. The smallest absolute Gasteiger partial charge is 0.347 e. The van der Waals surface area contributed by atoms with E-state index in [-0.39, 0.29) is 5.95 Å². The molecule has 0 saturated carbocycles. The Balaban J connectivity index is 0.000000550. The molecule has 0 spiro atoms. The molecule has 0 N–H and O–H groups in total. The second-order valence-corrected chi connectivity index (χ2v) is 8.88. The van der Waals surface area contributed by atoms with E-state index in [0.29, 0.717) is 5.69 Å². The minimum Gasteiger partial charge on any atom is -0.347 e. The highest BCUT2D eigenvalue weighted by Crippen LogP contribution is 2.29. The number of aryl methyl sites for hydroxylation is 2. The van der Waals surface area contributed by atoms with Crippen molar-refractivity contribution in [3.8, 4) is 5.69 Å². The largest absolute Gasteiger partial charge is 0.453 e. The van der Waals surface area contributed by atoms with Gasteiger partial charge in [-0.15, -0.1) is 5.10 Å². The Kier molecular flexibility index (Phi) is 6.71. The van der Waals surface area contributed by atoms with E-state index in [1.165, 1.54) is 9.58 Å². The highest BCUT2D eigenvalue weighted by molar-refractivity contribution is 8.31. The van der Waals surface area contributed by atoms with Crippen LogP contribution in [0.25, 0.3) is 5.69 Å². The molecule has 2 aromatic rings. The first-order chi connectivity index (χ1) is 11.2. The van der Waals surface area contributed by atoms with Crippen molar-refractivity contribution in [1.29, 1.82) is 0 Å². The highest BCUT2D eigenvalue weighted by Gasteiger charge is 2.37. The molecular formula is C13H15Cl2F3N4O2S. The number of halogens is 5. The first kappa shape index (κ1) is 21.5. The van der Waals surface area contributed by atoms with Gasteiger partial charge in [0.25, 0.3) is 5.82 Å². The Labute approximate surface area is 152 Å². The zero-order valence-electron chi connectivity index (χ0n) is 13.6. The third-order valence-corrected chi connectivity index (χ3v) is 2.82. The summed E-state index contributed by atoms with van der Waals surface area (Å²) in [5.74, 6) is -0.995. The monoisotopic (exact) mass is 418 g/mol. The molecule has 0 saturated heterocycles. The van der Waals surface area contributed by atoms with Crippen molar-refractivity contribution < 1.29 is 21.6 Å². The molecule has 0 radical (unpaired) electrons. The van der Waals surface area contributed by atoms with Crippen LogP contribution in [0.15, 0.2) is 18.2 Å². The van der Waals surface area contributed by atoms with Crippen LogP contribution < -0.4 is 4.90 Å². The van der Waals surface area contributed by atoms with E-state index in [2.05, 4.69) is 31.4 Å². The summed E-state index contributed by atoms with van der Waals surface area (Å²) in [6, 6.07) is 5.47. The van der Waals surface area contributed by atoms with Crippen LogP contribution in [0.4, 0.5) is 19.1 Å². The predicted molar refractivity (Wildman–Crippen MR) is 90.8 cm³/mol. The molecule has 25 heavy (non-hydrogen) atoms. The molecule has 0 aliphatic heterocycles. The lowest BCUT2D eigenvalue weighted by Gasteiger charge is -2.14. The van der Waals surface area contributed by atoms with Gasteiger partial charge in [0.1, 0.15) is 0 Å². The molecule has 140 valence electrons.